The summed E-state index contributed by atoms with van der Waals surface area (Å²) in [6.45, 7) is 6.22. The summed E-state index contributed by atoms with van der Waals surface area (Å²) in [5.74, 6) is 0.191. The van der Waals surface area contributed by atoms with Crippen LogP contribution in [0.2, 0.25) is 0 Å². The van der Waals surface area contributed by atoms with Crippen molar-refractivity contribution in [2.45, 2.75) is 6.42 Å². The second-order valence-electron chi connectivity index (χ2n) is 3.04. The van der Waals surface area contributed by atoms with Gasteiger partial charge in [0.1, 0.15) is 0 Å². The van der Waals surface area contributed by atoms with Gasteiger partial charge in [-0.15, -0.1) is 19.0 Å². The highest BCUT2D eigenvalue weighted by Gasteiger charge is 2.22. The average molecular weight is 241 g/mol. The third kappa shape index (κ3) is 3.96. The van der Waals surface area contributed by atoms with Crippen LogP contribution in [-0.2, 0) is 10.0 Å². The molecule has 1 aliphatic rings. The first kappa shape index (κ1) is 13.9. The molecular formula is C8H17ClN2O2S. The van der Waals surface area contributed by atoms with E-state index in [-0.39, 0.29) is 18.2 Å². The summed E-state index contributed by atoms with van der Waals surface area (Å²) >= 11 is 0. The molecular weight excluding hydrogens is 224 g/mol. The summed E-state index contributed by atoms with van der Waals surface area (Å²) in [4.78, 5) is 0. The van der Waals surface area contributed by atoms with Crippen LogP contribution in [0, 0.1) is 0 Å². The van der Waals surface area contributed by atoms with Gasteiger partial charge in [0.2, 0.25) is 10.0 Å². The molecule has 0 spiro atoms. The Hall–Kier alpha value is -0.100. The predicted molar refractivity (Wildman–Crippen MR) is 60.3 cm³/mol. The molecule has 1 N–H and O–H groups in total. The smallest absolute Gasteiger partial charge is 0.214 e. The molecule has 0 amide bonds. The fourth-order valence-corrected chi connectivity index (χ4v) is 2.75. The van der Waals surface area contributed by atoms with Crippen LogP contribution in [0.5, 0.6) is 0 Å². The maximum absolute atomic E-state index is 11.6. The van der Waals surface area contributed by atoms with Crippen molar-refractivity contribution in [1.29, 1.82) is 0 Å². The maximum Gasteiger partial charge on any atom is 0.214 e. The topological polar surface area (TPSA) is 49.4 Å². The first-order chi connectivity index (χ1) is 6.17. The summed E-state index contributed by atoms with van der Waals surface area (Å²) in [6, 6.07) is 0. The first-order valence-electron chi connectivity index (χ1n) is 4.46. The second-order valence-corrected chi connectivity index (χ2v) is 5.13. The van der Waals surface area contributed by atoms with Crippen molar-refractivity contribution in [3.8, 4) is 0 Å². The van der Waals surface area contributed by atoms with E-state index in [0.717, 1.165) is 13.1 Å². The van der Waals surface area contributed by atoms with Crippen LogP contribution >= 0.6 is 12.4 Å². The van der Waals surface area contributed by atoms with E-state index in [1.54, 1.807) is 10.4 Å². The van der Waals surface area contributed by atoms with E-state index in [9.17, 15) is 8.42 Å². The molecule has 6 heteroatoms. The number of halogens is 1. The zero-order chi connectivity index (χ0) is 9.73. The van der Waals surface area contributed by atoms with Gasteiger partial charge < -0.3 is 5.32 Å². The standard InChI is InChI=1S/C8H16N2O2S.ClH/c1-2-3-8-13(11,12)10-6-4-9-5-7-10;/h2,9H,1,3-8H2;1H. The minimum absolute atomic E-state index is 0. The Morgan fingerprint density at radius 1 is 1.36 bits per heavy atom. The number of rotatable bonds is 4. The third-order valence-electron chi connectivity index (χ3n) is 2.05. The first-order valence-corrected chi connectivity index (χ1v) is 6.07. The van der Waals surface area contributed by atoms with Crippen molar-refractivity contribution in [3.05, 3.63) is 12.7 Å². The molecule has 0 radical (unpaired) electrons. The van der Waals surface area contributed by atoms with Crippen molar-refractivity contribution in [2.75, 3.05) is 31.9 Å². The van der Waals surface area contributed by atoms with Gasteiger partial charge in [0.25, 0.3) is 0 Å². The molecule has 0 unspecified atom stereocenters. The molecule has 0 aromatic heterocycles. The molecule has 0 aliphatic carbocycles. The van der Waals surface area contributed by atoms with Gasteiger partial charge in [0.05, 0.1) is 5.75 Å². The normalized spacial score (nSPS) is 18.6. The molecule has 4 nitrogen and oxygen atoms in total. The highest BCUT2D eigenvalue weighted by atomic mass is 35.5. The zero-order valence-corrected chi connectivity index (χ0v) is 9.74. The number of nitrogens with zero attached hydrogens (tertiary/aromatic N) is 1. The van der Waals surface area contributed by atoms with E-state index in [1.807, 2.05) is 0 Å². The summed E-state index contributed by atoms with van der Waals surface area (Å²) in [7, 11) is -3.02. The maximum atomic E-state index is 11.6. The summed E-state index contributed by atoms with van der Waals surface area (Å²) < 4.78 is 24.7. The molecule has 0 bridgehead atoms. The molecule has 84 valence electrons. The third-order valence-corrected chi connectivity index (χ3v) is 3.95. The number of hydrogen-bond donors (Lipinski definition) is 1. The van der Waals surface area contributed by atoms with Gasteiger partial charge >= 0.3 is 0 Å². The molecule has 1 fully saturated rings. The number of hydrogen-bond acceptors (Lipinski definition) is 3. The average Bonchev–Trinajstić information content (AvgIpc) is 2.16. The van der Waals surface area contributed by atoms with E-state index < -0.39 is 10.0 Å². The van der Waals surface area contributed by atoms with Gasteiger partial charge in [0, 0.05) is 26.2 Å². The molecule has 1 rings (SSSR count). The Balaban J connectivity index is 0.00000169. The van der Waals surface area contributed by atoms with Crippen LogP contribution in [0.15, 0.2) is 12.7 Å². The van der Waals surface area contributed by atoms with E-state index >= 15 is 0 Å². The second kappa shape index (κ2) is 6.40. The summed E-state index contributed by atoms with van der Waals surface area (Å²) in [6.07, 6.45) is 2.17. The largest absolute Gasteiger partial charge is 0.314 e. The Morgan fingerprint density at radius 3 is 2.43 bits per heavy atom. The number of sulfonamides is 1. The lowest BCUT2D eigenvalue weighted by Crippen LogP contribution is -2.47. The quantitative estimate of drug-likeness (QED) is 0.716. The van der Waals surface area contributed by atoms with Crippen LogP contribution in [-0.4, -0.2) is 44.7 Å². The monoisotopic (exact) mass is 240 g/mol. The molecule has 14 heavy (non-hydrogen) atoms. The van der Waals surface area contributed by atoms with Crippen molar-refractivity contribution in [2.24, 2.45) is 0 Å². The zero-order valence-electron chi connectivity index (χ0n) is 8.11. The number of nitrogens with one attached hydrogen (secondary N) is 1. The molecule has 1 heterocycles. The predicted octanol–water partition coefficient (Wildman–Crippen LogP) is 0.219. The van der Waals surface area contributed by atoms with Crippen molar-refractivity contribution >= 4 is 22.4 Å². The van der Waals surface area contributed by atoms with Gasteiger partial charge in [-0.2, -0.15) is 4.31 Å². The van der Waals surface area contributed by atoms with Crippen molar-refractivity contribution in [3.63, 3.8) is 0 Å². The Bertz CT molecular complexity index is 261. The number of piperazine rings is 1. The van der Waals surface area contributed by atoms with E-state index in [0.29, 0.717) is 19.5 Å². The summed E-state index contributed by atoms with van der Waals surface area (Å²) in [5.41, 5.74) is 0. The lowest BCUT2D eigenvalue weighted by molar-refractivity contribution is 0.360. The highest BCUT2D eigenvalue weighted by Crippen LogP contribution is 2.04. The van der Waals surface area contributed by atoms with E-state index in [2.05, 4.69) is 11.9 Å². The SMILES string of the molecule is C=CCCS(=O)(=O)N1CCNCC1.Cl. The minimum atomic E-state index is -3.02. The fraction of sp³-hybridized carbons (Fsp3) is 0.750. The Morgan fingerprint density at radius 2 is 1.93 bits per heavy atom. The van der Waals surface area contributed by atoms with Crippen LogP contribution < -0.4 is 5.32 Å². The molecule has 0 aromatic carbocycles. The fourth-order valence-electron chi connectivity index (χ4n) is 1.28. The lowest BCUT2D eigenvalue weighted by Gasteiger charge is -2.26. The molecule has 0 atom stereocenters. The van der Waals surface area contributed by atoms with Gasteiger partial charge in [-0.1, -0.05) is 6.08 Å². The number of allylic oxidation sites excluding steroid dienone is 1. The molecule has 0 saturated carbocycles. The van der Waals surface area contributed by atoms with E-state index in [4.69, 9.17) is 0 Å². The van der Waals surface area contributed by atoms with Gasteiger partial charge in [0.15, 0.2) is 0 Å². The minimum Gasteiger partial charge on any atom is -0.314 e. The van der Waals surface area contributed by atoms with E-state index in [1.165, 1.54) is 0 Å². The van der Waals surface area contributed by atoms with Crippen molar-refractivity contribution < 1.29 is 8.42 Å². The molecule has 1 aliphatic heterocycles. The molecule has 0 aromatic rings. The highest BCUT2D eigenvalue weighted by molar-refractivity contribution is 7.89. The van der Waals surface area contributed by atoms with Crippen LogP contribution in [0.4, 0.5) is 0 Å². The Labute approximate surface area is 91.8 Å². The lowest BCUT2D eigenvalue weighted by atomic mass is 10.4. The van der Waals surface area contributed by atoms with Crippen molar-refractivity contribution in [1.82, 2.24) is 9.62 Å². The van der Waals surface area contributed by atoms with Gasteiger partial charge in [-0.05, 0) is 6.42 Å². The van der Waals surface area contributed by atoms with Crippen LogP contribution in [0.25, 0.3) is 0 Å². The molecule has 1 saturated heterocycles. The van der Waals surface area contributed by atoms with Crippen LogP contribution in [0.1, 0.15) is 6.42 Å². The van der Waals surface area contributed by atoms with Gasteiger partial charge in [-0.25, -0.2) is 8.42 Å². The summed E-state index contributed by atoms with van der Waals surface area (Å²) in [5, 5.41) is 3.12. The van der Waals surface area contributed by atoms with Gasteiger partial charge in [-0.3, -0.25) is 0 Å². The Kier molecular flexibility index (Phi) is 6.35. The van der Waals surface area contributed by atoms with Crippen LogP contribution in [0.3, 0.4) is 0 Å².